The number of fused-ring (bicyclic) bond motifs is 1. The molecule has 2 aromatic carbocycles. The predicted molar refractivity (Wildman–Crippen MR) is 117 cm³/mol. The molecule has 3 heterocycles. The van der Waals surface area contributed by atoms with Crippen molar-refractivity contribution in [2.75, 3.05) is 0 Å². The number of nitrogens with zero attached hydrogens (tertiary/aromatic N) is 1. The van der Waals surface area contributed by atoms with Crippen molar-refractivity contribution in [3.8, 4) is 33.8 Å². The summed E-state index contributed by atoms with van der Waals surface area (Å²) in [5, 5.41) is 5.35. The van der Waals surface area contributed by atoms with Crippen LogP contribution < -0.4 is 0 Å². The maximum absolute atomic E-state index is 6.30. The molecule has 3 nitrogen and oxygen atoms in total. The number of hydrogen-bond acceptors (Lipinski definition) is 3. The van der Waals surface area contributed by atoms with Crippen LogP contribution in [0.1, 0.15) is 5.56 Å². The fraction of sp³-hybridized carbons (Fsp3) is 0.0455. The molecular formula is C22H14Cl2N2OS. The van der Waals surface area contributed by atoms with Crippen molar-refractivity contribution in [1.82, 2.24) is 10.1 Å². The first-order chi connectivity index (χ1) is 13.6. The lowest BCUT2D eigenvalue weighted by Crippen LogP contribution is -1.81. The number of aromatic nitrogens is 2. The molecule has 0 unspecified atom stereocenters. The average Bonchev–Trinajstić information content (AvgIpc) is 3.38. The number of aryl methyl sites for hydroxylation is 1. The molecule has 138 valence electrons. The summed E-state index contributed by atoms with van der Waals surface area (Å²) in [6, 6.07) is 20.3. The number of nitrogens with one attached hydrogen (secondary N) is 1. The SMILES string of the molecule is Cc1ccc2[nH]c(-c3ccccc3)c(-c3cc(-c4cc(Cl)sc4Cl)no3)c2c1. The van der Waals surface area contributed by atoms with Crippen molar-refractivity contribution < 1.29 is 4.52 Å². The molecule has 0 atom stereocenters. The van der Waals surface area contributed by atoms with Crippen molar-refractivity contribution in [3.05, 3.63) is 74.9 Å². The second kappa shape index (κ2) is 6.82. The molecule has 0 saturated heterocycles. The van der Waals surface area contributed by atoms with Crippen molar-refractivity contribution in [2.24, 2.45) is 0 Å². The van der Waals surface area contributed by atoms with E-state index in [0.29, 0.717) is 20.1 Å². The van der Waals surface area contributed by atoms with Crippen molar-refractivity contribution in [3.63, 3.8) is 0 Å². The smallest absolute Gasteiger partial charge is 0.170 e. The first kappa shape index (κ1) is 17.6. The van der Waals surface area contributed by atoms with Gasteiger partial charge in [-0.3, -0.25) is 0 Å². The van der Waals surface area contributed by atoms with Crippen LogP contribution in [-0.4, -0.2) is 10.1 Å². The van der Waals surface area contributed by atoms with Crippen LogP contribution in [0.5, 0.6) is 0 Å². The molecule has 5 rings (SSSR count). The number of benzene rings is 2. The minimum absolute atomic E-state index is 0.600. The standard InChI is InChI=1S/C22H14Cl2N2OS/c1-12-7-8-16-14(9-12)20(21(25-16)13-5-3-2-4-6-13)18-11-17(26-27-18)15-10-19(23)28-22(15)24/h2-11,25H,1H3. The zero-order chi connectivity index (χ0) is 19.3. The molecule has 0 aliphatic heterocycles. The van der Waals surface area contributed by atoms with Crippen LogP contribution in [0.3, 0.4) is 0 Å². The molecule has 5 aromatic rings. The third-order valence-electron chi connectivity index (χ3n) is 4.71. The molecule has 28 heavy (non-hydrogen) atoms. The van der Waals surface area contributed by atoms with Crippen LogP contribution in [0.25, 0.3) is 44.7 Å². The van der Waals surface area contributed by atoms with Gasteiger partial charge in [0.1, 0.15) is 10.0 Å². The molecule has 0 amide bonds. The highest BCUT2D eigenvalue weighted by molar-refractivity contribution is 7.20. The summed E-state index contributed by atoms with van der Waals surface area (Å²) in [5.74, 6) is 0.684. The normalized spacial score (nSPS) is 11.4. The Bertz CT molecular complexity index is 1300. The maximum atomic E-state index is 6.30. The lowest BCUT2D eigenvalue weighted by atomic mass is 10.0. The van der Waals surface area contributed by atoms with Gasteiger partial charge in [0.25, 0.3) is 0 Å². The van der Waals surface area contributed by atoms with E-state index in [9.17, 15) is 0 Å². The average molecular weight is 425 g/mol. The second-order valence-corrected chi connectivity index (χ2v) is 8.89. The Morgan fingerprint density at radius 3 is 2.57 bits per heavy atom. The van der Waals surface area contributed by atoms with Gasteiger partial charge in [-0.05, 0) is 30.7 Å². The molecule has 6 heteroatoms. The molecule has 3 aromatic heterocycles. The predicted octanol–water partition coefficient (Wildman–Crippen LogP) is 7.83. The fourth-order valence-electron chi connectivity index (χ4n) is 3.42. The number of halogens is 2. The van der Waals surface area contributed by atoms with Gasteiger partial charge in [-0.1, -0.05) is 70.3 Å². The minimum atomic E-state index is 0.600. The van der Waals surface area contributed by atoms with Crippen LogP contribution in [0.2, 0.25) is 8.67 Å². The number of H-pyrrole nitrogens is 1. The Morgan fingerprint density at radius 2 is 1.82 bits per heavy atom. The molecule has 0 aliphatic carbocycles. The first-order valence-corrected chi connectivity index (χ1v) is 10.3. The van der Waals surface area contributed by atoms with E-state index in [2.05, 4.69) is 47.4 Å². The highest BCUT2D eigenvalue weighted by Crippen LogP contribution is 2.42. The summed E-state index contributed by atoms with van der Waals surface area (Å²) >= 11 is 13.7. The van der Waals surface area contributed by atoms with Gasteiger partial charge < -0.3 is 9.51 Å². The van der Waals surface area contributed by atoms with Crippen molar-refractivity contribution in [2.45, 2.75) is 6.92 Å². The lowest BCUT2D eigenvalue weighted by molar-refractivity contribution is 0.435. The Morgan fingerprint density at radius 1 is 1.00 bits per heavy atom. The molecule has 0 bridgehead atoms. The number of hydrogen-bond donors (Lipinski definition) is 1. The van der Waals surface area contributed by atoms with Crippen LogP contribution in [0.15, 0.2) is 65.2 Å². The Labute approximate surface area is 175 Å². The Kier molecular flexibility index (Phi) is 4.27. The third-order valence-corrected chi connectivity index (χ3v) is 6.19. The first-order valence-electron chi connectivity index (χ1n) is 8.70. The number of aromatic amines is 1. The van der Waals surface area contributed by atoms with E-state index in [1.807, 2.05) is 30.3 Å². The van der Waals surface area contributed by atoms with Gasteiger partial charge in [0.15, 0.2) is 5.76 Å². The monoisotopic (exact) mass is 424 g/mol. The van der Waals surface area contributed by atoms with Crippen LogP contribution in [0, 0.1) is 6.92 Å². The molecule has 0 radical (unpaired) electrons. The molecule has 0 saturated carbocycles. The highest BCUT2D eigenvalue weighted by atomic mass is 35.5. The lowest BCUT2D eigenvalue weighted by Gasteiger charge is -2.02. The summed E-state index contributed by atoms with van der Waals surface area (Å²) in [6.07, 6.45) is 0. The Balaban J connectivity index is 1.74. The minimum Gasteiger partial charge on any atom is -0.356 e. The summed E-state index contributed by atoms with van der Waals surface area (Å²) < 4.78 is 6.99. The number of rotatable bonds is 3. The van der Waals surface area contributed by atoms with Crippen LogP contribution in [-0.2, 0) is 0 Å². The molecule has 0 fully saturated rings. The van der Waals surface area contributed by atoms with E-state index in [4.69, 9.17) is 27.7 Å². The van der Waals surface area contributed by atoms with E-state index in [-0.39, 0.29) is 0 Å². The van der Waals surface area contributed by atoms with Gasteiger partial charge in [0.05, 0.1) is 15.6 Å². The van der Waals surface area contributed by atoms with E-state index in [1.165, 1.54) is 16.9 Å². The fourth-order valence-corrected chi connectivity index (χ4v) is 4.90. The quantitative estimate of drug-likeness (QED) is 0.320. The molecule has 0 aliphatic rings. The van der Waals surface area contributed by atoms with Gasteiger partial charge in [0, 0.05) is 22.5 Å². The highest BCUT2D eigenvalue weighted by Gasteiger charge is 2.21. The van der Waals surface area contributed by atoms with Gasteiger partial charge in [-0.15, -0.1) is 11.3 Å². The topological polar surface area (TPSA) is 41.8 Å². The maximum Gasteiger partial charge on any atom is 0.170 e. The summed E-state index contributed by atoms with van der Waals surface area (Å²) in [5.41, 5.74) is 6.75. The van der Waals surface area contributed by atoms with Crippen LogP contribution in [0.4, 0.5) is 0 Å². The van der Waals surface area contributed by atoms with Gasteiger partial charge in [0.2, 0.25) is 0 Å². The van der Waals surface area contributed by atoms with Crippen LogP contribution >= 0.6 is 34.5 Å². The van der Waals surface area contributed by atoms with Crippen molar-refractivity contribution >= 4 is 45.4 Å². The summed E-state index contributed by atoms with van der Waals surface area (Å²) in [6.45, 7) is 2.08. The second-order valence-electron chi connectivity index (χ2n) is 6.60. The van der Waals surface area contributed by atoms with E-state index in [1.54, 1.807) is 0 Å². The van der Waals surface area contributed by atoms with Gasteiger partial charge >= 0.3 is 0 Å². The molecule has 1 N–H and O–H groups in total. The van der Waals surface area contributed by atoms with Gasteiger partial charge in [-0.25, -0.2) is 0 Å². The van der Waals surface area contributed by atoms with Gasteiger partial charge in [-0.2, -0.15) is 0 Å². The van der Waals surface area contributed by atoms with E-state index in [0.717, 1.165) is 33.3 Å². The number of thiophene rings is 1. The largest absolute Gasteiger partial charge is 0.356 e. The van der Waals surface area contributed by atoms with E-state index >= 15 is 0 Å². The van der Waals surface area contributed by atoms with Crippen molar-refractivity contribution in [1.29, 1.82) is 0 Å². The Hall–Kier alpha value is -2.53. The third kappa shape index (κ3) is 2.94. The summed E-state index contributed by atoms with van der Waals surface area (Å²) in [4.78, 5) is 3.54. The molecular weight excluding hydrogens is 411 g/mol. The zero-order valence-corrected chi connectivity index (χ0v) is 17.1. The van der Waals surface area contributed by atoms with E-state index < -0.39 is 0 Å². The summed E-state index contributed by atoms with van der Waals surface area (Å²) in [7, 11) is 0. The zero-order valence-electron chi connectivity index (χ0n) is 14.8. The molecule has 0 spiro atoms.